The van der Waals surface area contributed by atoms with Gasteiger partial charge in [0.15, 0.2) is 0 Å². The molecular formula is C15H15Cl3N2. The summed E-state index contributed by atoms with van der Waals surface area (Å²) in [5, 5.41) is 8.88. The molecule has 106 valence electrons. The number of hydrogen-bond donors (Lipinski definition) is 2. The molecule has 0 bridgehead atoms. The Hall–Kier alpha value is -1.22. The first kappa shape index (κ1) is 16.8. The van der Waals surface area contributed by atoms with Gasteiger partial charge in [-0.2, -0.15) is 0 Å². The fourth-order valence-electron chi connectivity index (χ4n) is 2.12. The topological polar surface area (TPSA) is 49.9 Å². The molecular weight excluding hydrogens is 315 g/mol. The van der Waals surface area contributed by atoms with Crippen molar-refractivity contribution in [3.63, 3.8) is 0 Å². The van der Waals surface area contributed by atoms with E-state index in [1.165, 1.54) is 0 Å². The van der Waals surface area contributed by atoms with Crippen LogP contribution in [0.2, 0.25) is 10.0 Å². The molecule has 0 saturated heterocycles. The minimum Gasteiger partial charge on any atom is -0.388 e. The van der Waals surface area contributed by atoms with Crippen LogP contribution in [0.4, 0.5) is 0 Å². The van der Waals surface area contributed by atoms with Crippen LogP contribution in [-0.4, -0.2) is 5.84 Å². The number of amidine groups is 1. The van der Waals surface area contributed by atoms with Gasteiger partial charge >= 0.3 is 0 Å². The third-order valence-corrected chi connectivity index (χ3v) is 3.67. The van der Waals surface area contributed by atoms with E-state index < -0.39 is 0 Å². The van der Waals surface area contributed by atoms with Crippen molar-refractivity contribution in [2.24, 2.45) is 5.73 Å². The van der Waals surface area contributed by atoms with Crippen molar-refractivity contribution >= 4 is 41.4 Å². The van der Waals surface area contributed by atoms with Crippen molar-refractivity contribution in [3.05, 3.63) is 69.7 Å². The molecule has 0 fully saturated rings. The SMILES string of the molecule is Cl.N=C(N)CC(c1ccccc1Cl)c1ccccc1Cl. The molecule has 2 nitrogen and oxygen atoms in total. The molecule has 0 aliphatic carbocycles. The number of halogens is 3. The summed E-state index contributed by atoms with van der Waals surface area (Å²) < 4.78 is 0. The zero-order valence-corrected chi connectivity index (χ0v) is 13.0. The lowest BCUT2D eigenvalue weighted by atomic mass is 9.88. The van der Waals surface area contributed by atoms with E-state index in [2.05, 4.69) is 0 Å². The summed E-state index contributed by atoms with van der Waals surface area (Å²) in [6.07, 6.45) is 0.396. The van der Waals surface area contributed by atoms with Crippen LogP contribution in [0.1, 0.15) is 23.5 Å². The van der Waals surface area contributed by atoms with E-state index in [4.69, 9.17) is 34.3 Å². The Kier molecular flexibility index (Phi) is 6.34. The lowest BCUT2D eigenvalue weighted by molar-refractivity contribution is 0.846. The van der Waals surface area contributed by atoms with E-state index in [1.807, 2.05) is 48.5 Å². The maximum absolute atomic E-state index is 7.56. The van der Waals surface area contributed by atoms with Gasteiger partial charge in [0.2, 0.25) is 0 Å². The van der Waals surface area contributed by atoms with Crippen molar-refractivity contribution < 1.29 is 0 Å². The van der Waals surface area contributed by atoms with Crippen molar-refractivity contribution in [2.45, 2.75) is 12.3 Å². The molecule has 0 spiro atoms. The van der Waals surface area contributed by atoms with Crippen molar-refractivity contribution in [2.75, 3.05) is 0 Å². The monoisotopic (exact) mass is 328 g/mol. The zero-order chi connectivity index (χ0) is 13.8. The molecule has 0 unspecified atom stereocenters. The molecule has 0 radical (unpaired) electrons. The summed E-state index contributed by atoms with van der Waals surface area (Å²) in [7, 11) is 0. The van der Waals surface area contributed by atoms with Crippen LogP contribution in [-0.2, 0) is 0 Å². The highest BCUT2D eigenvalue weighted by atomic mass is 35.5. The average Bonchev–Trinajstić information content (AvgIpc) is 2.37. The van der Waals surface area contributed by atoms with E-state index in [9.17, 15) is 0 Å². The minimum atomic E-state index is -0.0973. The maximum atomic E-state index is 7.56. The Balaban J connectivity index is 0.00000200. The zero-order valence-electron chi connectivity index (χ0n) is 10.6. The summed E-state index contributed by atoms with van der Waals surface area (Å²) >= 11 is 12.5. The Morgan fingerprint density at radius 2 is 1.35 bits per heavy atom. The first-order chi connectivity index (χ1) is 9.09. The summed E-state index contributed by atoms with van der Waals surface area (Å²) in [5.41, 5.74) is 7.44. The largest absolute Gasteiger partial charge is 0.388 e. The van der Waals surface area contributed by atoms with Gasteiger partial charge in [-0.3, -0.25) is 5.41 Å². The fourth-order valence-corrected chi connectivity index (χ4v) is 2.66. The molecule has 5 heteroatoms. The van der Waals surface area contributed by atoms with E-state index in [-0.39, 0.29) is 24.2 Å². The van der Waals surface area contributed by atoms with E-state index >= 15 is 0 Å². The third-order valence-electron chi connectivity index (χ3n) is 2.99. The van der Waals surface area contributed by atoms with Crippen molar-refractivity contribution in [1.82, 2.24) is 0 Å². The van der Waals surface area contributed by atoms with Crippen LogP contribution >= 0.6 is 35.6 Å². The van der Waals surface area contributed by atoms with Crippen LogP contribution in [0, 0.1) is 5.41 Å². The molecule has 2 rings (SSSR count). The molecule has 0 saturated carbocycles. The van der Waals surface area contributed by atoms with Gasteiger partial charge in [-0.1, -0.05) is 59.6 Å². The summed E-state index contributed by atoms with van der Waals surface area (Å²) in [5.74, 6) is 0.0183. The molecule has 0 aliphatic heterocycles. The van der Waals surface area contributed by atoms with Gasteiger partial charge < -0.3 is 5.73 Å². The van der Waals surface area contributed by atoms with Gasteiger partial charge in [-0.15, -0.1) is 12.4 Å². The molecule has 0 aliphatic rings. The molecule has 2 aromatic rings. The smallest absolute Gasteiger partial charge is 0.0914 e. The van der Waals surface area contributed by atoms with Crippen LogP contribution in [0.3, 0.4) is 0 Å². The normalized spacial score (nSPS) is 10.2. The molecule has 0 aromatic heterocycles. The van der Waals surface area contributed by atoms with Gasteiger partial charge in [-0.25, -0.2) is 0 Å². The van der Waals surface area contributed by atoms with Gasteiger partial charge in [0, 0.05) is 22.4 Å². The van der Waals surface area contributed by atoms with Crippen LogP contribution < -0.4 is 5.73 Å². The predicted molar refractivity (Wildman–Crippen MR) is 88.5 cm³/mol. The molecule has 0 heterocycles. The fraction of sp³-hybridized carbons (Fsp3) is 0.133. The number of hydrogen-bond acceptors (Lipinski definition) is 1. The average molecular weight is 330 g/mol. The van der Waals surface area contributed by atoms with Crippen molar-refractivity contribution in [1.29, 1.82) is 5.41 Å². The lowest BCUT2D eigenvalue weighted by Crippen LogP contribution is -2.16. The molecule has 2 aromatic carbocycles. The Labute approximate surface area is 134 Å². The minimum absolute atomic E-state index is 0. The van der Waals surface area contributed by atoms with Gasteiger partial charge in [-0.05, 0) is 23.3 Å². The van der Waals surface area contributed by atoms with E-state index in [0.29, 0.717) is 16.5 Å². The van der Waals surface area contributed by atoms with Crippen molar-refractivity contribution in [3.8, 4) is 0 Å². The highest BCUT2D eigenvalue weighted by Crippen LogP contribution is 2.36. The Morgan fingerprint density at radius 3 is 1.70 bits per heavy atom. The van der Waals surface area contributed by atoms with Gasteiger partial charge in [0.1, 0.15) is 0 Å². The van der Waals surface area contributed by atoms with Crippen LogP contribution in [0.15, 0.2) is 48.5 Å². The first-order valence-electron chi connectivity index (χ1n) is 5.91. The van der Waals surface area contributed by atoms with E-state index in [1.54, 1.807) is 0 Å². The predicted octanol–water partition coefficient (Wildman–Crippen LogP) is 4.87. The Bertz CT molecular complexity index is 554. The summed E-state index contributed by atoms with van der Waals surface area (Å²) in [6, 6.07) is 15.2. The Morgan fingerprint density at radius 1 is 0.950 bits per heavy atom. The van der Waals surface area contributed by atoms with Gasteiger partial charge in [0.05, 0.1) is 5.84 Å². The second-order valence-corrected chi connectivity index (χ2v) is 5.14. The third kappa shape index (κ3) is 3.89. The number of benzene rings is 2. The van der Waals surface area contributed by atoms with E-state index in [0.717, 1.165) is 11.1 Å². The molecule has 0 amide bonds. The van der Waals surface area contributed by atoms with Gasteiger partial charge in [0.25, 0.3) is 0 Å². The summed E-state index contributed by atoms with van der Waals surface area (Å²) in [4.78, 5) is 0. The second-order valence-electron chi connectivity index (χ2n) is 4.32. The number of nitrogens with one attached hydrogen (secondary N) is 1. The quantitative estimate of drug-likeness (QED) is 0.610. The maximum Gasteiger partial charge on any atom is 0.0914 e. The second kappa shape index (κ2) is 7.53. The highest BCUT2D eigenvalue weighted by molar-refractivity contribution is 6.32. The summed E-state index contributed by atoms with van der Waals surface area (Å²) in [6.45, 7) is 0. The molecule has 0 atom stereocenters. The molecule has 3 N–H and O–H groups in total. The molecule has 20 heavy (non-hydrogen) atoms. The van der Waals surface area contributed by atoms with Crippen LogP contribution in [0.25, 0.3) is 0 Å². The van der Waals surface area contributed by atoms with Crippen LogP contribution in [0.5, 0.6) is 0 Å². The first-order valence-corrected chi connectivity index (χ1v) is 6.67. The number of rotatable bonds is 4. The standard InChI is InChI=1S/C15H14Cl2N2.ClH/c16-13-7-3-1-5-10(13)12(9-15(18)19)11-6-2-4-8-14(11)17;/h1-8,12H,9H2,(H3,18,19);1H. The lowest BCUT2D eigenvalue weighted by Gasteiger charge is -2.19. The number of nitrogens with two attached hydrogens (primary N) is 1. The highest BCUT2D eigenvalue weighted by Gasteiger charge is 2.20.